The van der Waals surface area contributed by atoms with Crippen LogP contribution in [-0.4, -0.2) is 29.6 Å². The number of nitrogens with one attached hydrogen (secondary N) is 1. The van der Waals surface area contributed by atoms with Gasteiger partial charge in [0.15, 0.2) is 11.2 Å². The average Bonchev–Trinajstić information content (AvgIpc) is 3.20. The van der Waals surface area contributed by atoms with E-state index in [1.54, 1.807) is 25.2 Å². The minimum absolute atomic E-state index is 0.279. The molecular weight excluding hydrogens is 375 g/mol. The number of aryl methyl sites for hydroxylation is 3. The Balaban J connectivity index is 1.70. The number of rotatable bonds is 5. The van der Waals surface area contributed by atoms with E-state index in [1.165, 1.54) is 17.7 Å². The summed E-state index contributed by atoms with van der Waals surface area (Å²) in [5.41, 5.74) is 2.37. The fourth-order valence-corrected chi connectivity index (χ4v) is 3.72. The van der Waals surface area contributed by atoms with Gasteiger partial charge in [-0.3, -0.25) is 18.3 Å². The van der Waals surface area contributed by atoms with E-state index >= 15 is 0 Å². The van der Waals surface area contributed by atoms with E-state index in [-0.39, 0.29) is 11.4 Å². The normalized spacial score (nSPS) is 11.6. The molecule has 0 amide bonds. The lowest BCUT2D eigenvalue weighted by molar-refractivity contribution is 0.625. The van der Waals surface area contributed by atoms with E-state index in [0.717, 1.165) is 22.4 Å². The van der Waals surface area contributed by atoms with Gasteiger partial charge in [-0.2, -0.15) is 4.98 Å². The molecule has 8 nitrogen and oxygen atoms in total. The smallest absolute Gasteiger partial charge is 0.332 e. The maximum absolute atomic E-state index is 13.7. The Bertz CT molecular complexity index is 1360. The van der Waals surface area contributed by atoms with Gasteiger partial charge in [-0.15, -0.1) is 0 Å². The number of hydrogen-bond acceptors (Lipinski definition) is 4. The second kappa shape index (κ2) is 6.91. The van der Waals surface area contributed by atoms with Gasteiger partial charge in [0.05, 0.1) is 5.69 Å². The standard InChI is InChI=1S/C20H23FN6O2/c1-12-13(2)27-16-17(24(3)20(29)25(4)18(16)28)23-19(27)26(12)11-7-10-22-15-9-6-5-8-14(15)21/h5-6,8-9,22H,7,10-11H2,1-4H3. The van der Waals surface area contributed by atoms with Crippen LogP contribution in [0.4, 0.5) is 10.1 Å². The average molecular weight is 398 g/mol. The van der Waals surface area contributed by atoms with Crippen molar-refractivity contribution in [3.63, 3.8) is 0 Å². The number of imidazole rings is 2. The highest BCUT2D eigenvalue weighted by Gasteiger charge is 2.21. The number of benzene rings is 1. The third-order valence-electron chi connectivity index (χ3n) is 5.49. The third-order valence-corrected chi connectivity index (χ3v) is 5.49. The van der Waals surface area contributed by atoms with Gasteiger partial charge in [0.2, 0.25) is 5.78 Å². The Morgan fingerprint density at radius 3 is 2.52 bits per heavy atom. The van der Waals surface area contributed by atoms with E-state index in [4.69, 9.17) is 0 Å². The Labute approximate surface area is 165 Å². The lowest BCUT2D eigenvalue weighted by Crippen LogP contribution is -2.37. The molecule has 0 spiro atoms. The molecule has 152 valence electrons. The van der Waals surface area contributed by atoms with Crippen LogP contribution in [0, 0.1) is 19.7 Å². The van der Waals surface area contributed by atoms with Gasteiger partial charge >= 0.3 is 5.69 Å². The molecule has 0 atom stereocenters. The minimum atomic E-state index is -0.404. The Morgan fingerprint density at radius 1 is 1.07 bits per heavy atom. The molecule has 4 rings (SSSR count). The van der Waals surface area contributed by atoms with E-state index < -0.39 is 5.69 Å². The molecule has 0 aliphatic carbocycles. The lowest BCUT2D eigenvalue weighted by atomic mass is 10.3. The summed E-state index contributed by atoms with van der Waals surface area (Å²) in [6.07, 6.45) is 0.735. The molecule has 0 aliphatic rings. The second-order valence-electron chi connectivity index (χ2n) is 7.21. The predicted molar refractivity (Wildman–Crippen MR) is 110 cm³/mol. The predicted octanol–water partition coefficient (Wildman–Crippen LogP) is 1.94. The molecule has 0 aliphatic heterocycles. The number of nitrogens with zero attached hydrogens (tertiary/aromatic N) is 5. The van der Waals surface area contributed by atoms with Crippen LogP contribution in [-0.2, 0) is 20.6 Å². The van der Waals surface area contributed by atoms with Gasteiger partial charge in [-0.1, -0.05) is 12.1 Å². The molecule has 29 heavy (non-hydrogen) atoms. The monoisotopic (exact) mass is 398 g/mol. The quantitative estimate of drug-likeness (QED) is 0.521. The highest BCUT2D eigenvalue weighted by molar-refractivity contribution is 5.76. The van der Waals surface area contributed by atoms with E-state index in [0.29, 0.717) is 35.7 Å². The van der Waals surface area contributed by atoms with Gasteiger partial charge in [0.25, 0.3) is 5.56 Å². The molecule has 3 heterocycles. The molecule has 0 fully saturated rings. The van der Waals surface area contributed by atoms with Crippen LogP contribution >= 0.6 is 0 Å². The first-order chi connectivity index (χ1) is 13.8. The van der Waals surface area contributed by atoms with Gasteiger partial charge in [-0.25, -0.2) is 9.18 Å². The summed E-state index contributed by atoms with van der Waals surface area (Å²) in [5, 5.41) is 3.10. The van der Waals surface area contributed by atoms with Gasteiger partial charge in [-0.05, 0) is 32.4 Å². The zero-order valence-corrected chi connectivity index (χ0v) is 16.9. The number of halogens is 1. The van der Waals surface area contributed by atoms with E-state index in [2.05, 4.69) is 10.3 Å². The molecule has 3 aromatic heterocycles. The molecule has 1 N–H and O–H groups in total. The van der Waals surface area contributed by atoms with E-state index in [9.17, 15) is 14.0 Å². The maximum Gasteiger partial charge on any atom is 0.332 e. The van der Waals surface area contributed by atoms with Crippen molar-refractivity contribution in [2.24, 2.45) is 14.1 Å². The molecule has 4 aromatic rings. The molecular formula is C20H23FN6O2. The summed E-state index contributed by atoms with van der Waals surface area (Å²) in [5.74, 6) is 0.346. The van der Waals surface area contributed by atoms with Crippen molar-refractivity contribution in [3.8, 4) is 0 Å². The van der Waals surface area contributed by atoms with Gasteiger partial charge < -0.3 is 9.88 Å². The fraction of sp³-hybridized carbons (Fsp3) is 0.350. The van der Waals surface area contributed by atoms with Crippen molar-refractivity contribution in [2.75, 3.05) is 11.9 Å². The topological polar surface area (TPSA) is 78.3 Å². The van der Waals surface area contributed by atoms with Crippen molar-refractivity contribution in [3.05, 3.63) is 62.3 Å². The van der Waals surface area contributed by atoms with Gasteiger partial charge in [0, 0.05) is 38.6 Å². The van der Waals surface area contributed by atoms with Crippen LogP contribution in [0.3, 0.4) is 0 Å². The third kappa shape index (κ3) is 2.84. The number of fused-ring (bicyclic) bond motifs is 3. The number of hydrogen-bond donors (Lipinski definition) is 1. The Kier molecular flexibility index (Phi) is 4.52. The van der Waals surface area contributed by atoms with Crippen molar-refractivity contribution >= 4 is 22.6 Å². The van der Waals surface area contributed by atoms with Crippen LogP contribution in [0.15, 0.2) is 33.9 Å². The summed E-state index contributed by atoms with van der Waals surface area (Å²) >= 11 is 0. The fourth-order valence-electron chi connectivity index (χ4n) is 3.72. The van der Waals surface area contributed by atoms with Crippen LogP contribution in [0.25, 0.3) is 16.9 Å². The van der Waals surface area contributed by atoms with Crippen LogP contribution in [0.1, 0.15) is 17.8 Å². The summed E-state index contributed by atoms with van der Waals surface area (Å²) in [6, 6.07) is 6.57. The zero-order valence-electron chi connectivity index (χ0n) is 16.9. The van der Waals surface area contributed by atoms with Crippen LogP contribution < -0.4 is 16.6 Å². The highest BCUT2D eigenvalue weighted by atomic mass is 19.1. The number of anilines is 1. The molecule has 1 aromatic carbocycles. The Morgan fingerprint density at radius 2 is 1.79 bits per heavy atom. The zero-order chi connectivity index (χ0) is 20.9. The first kappa shape index (κ1) is 19.0. The molecule has 0 saturated carbocycles. The molecule has 9 heteroatoms. The van der Waals surface area contributed by atoms with Gasteiger partial charge in [0.1, 0.15) is 5.82 Å². The summed E-state index contributed by atoms with van der Waals surface area (Å²) in [4.78, 5) is 29.6. The number of para-hydroxylation sites is 1. The van der Waals surface area contributed by atoms with E-state index in [1.807, 2.05) is 22.8 Å². The maximum atomic E-state index is 13.7. The van der Waals surface area contributed by atoms with Crippen molar-refractivity contribution in [1.82, 2.24) is 23.1 Å². The lowest BCUT2D eigenvalue weighted by Gasteiger charge is -2.09. The summed E-state index contributed by atoms with van der Waals surface area (Å²) in [6.45, 7) is 5.14. The van der Waals surface area contributed by atoms with Crippen LogP contribution in [0.2, 0.25) is 0 Å². The summed E-state index contributed by atoms with van der Waals surface area (Å²) in [7, 11) is 3.08. The SMILES string of the molecule is Cc1c(C)n2c3c(=O)n(C)c(=O)n(C)c3nc2n1CCCNc1ccccc1F. The van der Waals surface area contributed by atoms with Crippen molar-refractivity contribution in [1.29, 1.82) is 0 Å². The summed E-state index contributed by atoms with van der Waals surface area (Å²) < 4.78 is 20.1. The molecule has 0 saturated heterocycles. The highest BCUT2D eigenvalue weighted by Crippen LogP contribution is 2.21. The molecule has 0 bridgehead atoms. The number of aromatic nitrogens is 5. The largest absolute Gasteiger partial charge is 0.383 e. The Hall–Kier alpha value is -3.36. The molecule has 0 radical (unpaired) electrons. The van der Waals surface area contributed by atoms with Crippen molar-refractivity contribution in [2.45, 2.75) is 26.8 Å². The van der Waals surface area contributed by atoms with Crippen LogP contribution in [0.5, 0.6) is 0 Å². The first-order valence-electron chi connectivity index (χ1n) is 9.45. The second-order valence-corrected chi connectivity index (χ2v) is 7.21. The minimum Gasteiger partial charge on any atom is -0.383 e. The first-order valence-corrected chi connectivity index (χ1v) is 9.45. The molecule has 0 unspecified atom stereocenters. The van der Waals surface area contributed by atoms with Crippen molar-refractivity contribution < 1.29 is 4.39 Å².